The molecule has 0 radical (unpaired) electrons. The van der Waals surface area contributed by atoms with E-state index in [9.17, 15) is 14.5 Å². The van der Waals surface area contributed by atoms with Gasteiger partial charge in [0.15, 0.2) is 0 Å². The zero-order valence-electron chi connectivity index (χ0n) is 11.2. The van der Waals surface area contributed by atoms with E-state index < -0.39 is 16.4 Å². The van der Waals surface area contributed by atoms with E-state index in [1.54, 1.807) is 0 Å². The maximum absolute atomic E-state index is 13.1. The fraction of sp³-hybridized carbons (Fsp3) is 0.231. The summed E-state index contributed by atoms with van der Waals surface area (Å²) in [5, 5.41) is 13.9. The van der Waals surface area contributed by atoms with Crippen molar-refractivity contribution < 1.29 is 14.1 Å². The molecule has 1 aromatic carbocycles. The van der Waals surface area contributed by atoms with Crippen LogP contribution in [0.3, 0.4) is 0 Å². The summed E-state index contributed by atoms with van der Waals surface area (Å²) in [7, 11) is 0. The highest BCUT2D eigenvalue weighted by Crippen LogP contribution is 2.31. The lowest BCUT2D eigenvalue weighted by atomic mass is 10.3. The third-order valence-corrected chi connectivity index (χ3v) is 2.50. The van der Waals surface area contributed by atoms with Crippen LogP contribution in [0.5, 0.6) is 11.6 Å². The summed E-state index contributed by atoms with van der Waals surface area (Å²) >= 11 is 0. The highest BCUT2D eigenvalue weighted by atomic mass is 19.1. The van der Waals surface area contributed by atoms with E-state index in [1.807, 2.05) is 6.92 Å². The first kappa shape index (κ1) is 14.6. The first-order valence-corrected chi connectivity index (χ1v) is 6.29. The van der Waals surface area contributed by atoms with Crippen LogP contribution < -0.4 is 10.1 Å². The summed E-state index contributed by atoms with van der Waals surface area (Å²) in [4.78, 5) is 18.2. The molecule has 0 aliphatic rings. The molecule has 1 N–H and O–H groups in total. The lowest BCUT2D eigenvalue weighted by Crippen LogP contribution is -2.04. The van der Waals surface area contributed by atoms with Gasteiger partial charge in [-0.15, -0.1) is 0 Å². The van der Waals surface area contributed by atoms with E-state index in [1.165, 1.54) is 18.3 Å². The Morgan fingerprint density at radius 1 is 1.43 bits per heavy atom. The van der Waals surface area contributed by atoms with Crippen LogP contribution in [0.1, 0.15) is 13.3 Å². The molecule has 0 fully saturated rings. The average Bonchev–Trinajstić information content (AvgIpc) is 2.47. The van der Waals surface area contributed by atoms with Gasteiger partial charge < -0.3 is 10.1 Å². The van der Waals surface area contributed by atoms with Gasteiger partial charge in [-0.3, -0.25) is 10.1 Å². The van der Waals surface area contributed by atoms with Gasteiger partial charge in [0.05, 0.1) is 11.0 Å². The van der Waals surface area contributed by atoms with E-state index >= 15 is 0 Å². The maximum atomic E-state index is 13.1. The van der Waals surface area contributed by atoms with Crippen molar-refractivity contribution in [3.05, 3.63) is 46.4 Å². The lowest BCUT2D eigenvalue weighted by molar-refractivity contribution is -0.385. The van der Waals surface area contributed by atoms with Crippen molar-refractivity contribution in [3.8, 4) is 11.6 Å². The smallest absolute Gasteiger partial charge is 0.314 e. The molecule has 0 aliphatic heterocycles. The van der Waals surface area contributed by atoms with Crippen LogP contribution in [0, 0.1) is 15.9 Å². The Kier molecular flexibility index (Phi) is 4.60. The minimum absolute atomic E-state index is 0.0819. The van der Waals surface area contributed by atoms with Gasteiger partial charge in [0.2, 0.25) is 17.6 Å². The molecule has 0 unspecified atom stereocenters. The zero-order chi connectivity index (χ0) is 15.2. The largest absolute Gasteiger partial charge is 0.432 e. The normalized spacial score (nSPS) is 10.2. The van der Waals surface area contributed by atoms with Crippen molar-refractivity contribution in [2.24, 2.45) is 0 Å². The molecule has 0 saturated heterocycles. The second-order valence-corrected chi connectivity index (χ2v) is 4.12. The molecule has 8 heteroatoms. The second kappa shape index (κ2) is 6.60. The molecule has 2 rings (SSSR count). The van der Waals surface area contributed by atoms with Crippen molar-refractivity contribution in [1.29, 1.82) is 0 Å². The minimum atomic E-state index is -0.712. The molecule has 110 valence electrons. The number of anilines is 1. The van der Waals surface area contributed by atoms with Crippen LogP contribution in [0.15, 0.2) is 30.5 Å². The standard InChI is InChI=1S/C13H13FN4O3/c1-2-6-15-13-16-7-5-12(17-13)21-11-4-3-9(14)8-10(11)18(19)20/h3-5,7-8H,2,6H2,1H3,(H,15,16,17). The van der Waals surface area contributed by atoms with Gasteiger partial charge >= 0.3 is 5.69 Å². The minimum Gasteiger partial charge on any atom is -0.432 e. The molecular formula is C13H13FN4O3. The van der Waals surface area contributed by atoms with Gasteiger partial charge in [-0.1, -0.05) is 6.92 Å². The number of nitro groups is 1. The number of nitro benzene ring substituents is 1. The van der Waals surface area contributed by atoms with Crippen LogP contribution >= 0.6 is 0 Å². The Bertz CT molecular complexity index is 651. The summed E-state index contributed by atoms with van der Waals surface area (Å²) in [5.74, 6) is -0.291. The number of hydrogen-bond donors (Lipinski definition) is 1. The number of halogens is 1. The topological polar surface area (TPSA) is 90.2 Å². The Morgan fingerprint density at radius 3 is 2.95 bits per heavy atom. The van der Waals surface area contributed by atoms with Gasteiger partial charge in [-0.2, -0.15) is 4.98 Å². The summed E-state index contributed by atoms with van der Waals surface area (Å²) in [5.41, 5.74) is -0.461. The van der Waals surface area contributed by atoms with E-state index in [4.69, 9.17) is 4.74 Å². The molecule has 0 bridgehead atoms. The van der Waals surface area contributed by atoms with Crippen LogP contribution in [-0.2, 0) is 0 Å². The molecule has 0 aliphatic carbocycles. The third-order valence-electron chi connectivity index (χ3n) is 2.50. The molecule has 1 heterocycles. The quantitative estimate of drug-likeness (QED) is 0.649. The van der Waals surface area contributed by atoms with Crippen LogP contribution in [0.2, 0.25) is 0 Å². The summed E-state index contributed by atoms with van der Waals surface area (Å²) in [6.07, 6.45) is 2.37. The Balaban J connectivity index is 2.24. The Hall–Kier alpha value is -2.77. The number of aromatic nitrogens is 2. The number of benzene rings is 1. The van der Waals surface area contributed by atoms with Crippen LogP contribution in [0.25, 0.3) is 0 Å². The van der Waals surface area contributed by atoms with Crippen molar-refractivity contribution in [2.75, 3.05) is 11.9 Å². The molecule has 2 aromatic rings. The molecule has 0 amide bonds. The Morgan fingerprint density at radius 2 is 2.24 bits per heavy atom. The Labute approximate surface area is 120 Å². The highest BCUT2D eigenvalue weighted by molar-refractivity contribution is 5.48. The SMILES string of the molecule is CCCNc1nccc(Oc2ccc(F)cc2[N+](=O)[O-])n1. The predicted molar refractivity (Wildman–Crippen MR) is 73.9 cm³/mol. The molecule has 21 heavy (non-hydrogen) atoms. The van der Waals surface area contributed by atoms with E-state index in [-0.39, 0.29) is 11.6 Å². The first-order valence-electron chi connectivity index (χ1n) is 6.29. The summed E-state index contributed by atoms with van der Waals surface area (Å²) in [6.45, 7) is 2.69. The molecule has 0 atom stereocenters. The van der Waals surface area contributed by atoms with E-state index in [0.717, 1.165) is 18.6 Å². The summed E-state index contributed by atoms with van der Waals surface area (Å²) < 4.78 is 18.4. The van der Waals surface area contributed by atoms with Crippen molar-refractivity contribution in [3.63, 3.8) is 0 Å². The third kappa shape index (κ3) is 3.85. The van der Waals surface area contributed by atoms with E-state index in [2.05, 4.69) is 15.3 Å². The average molecular weight is 292 g/mol. The van der Waals surface area contributed by atoms with Gasteiger partial charge in [0.25, 0.3) is 0 Å². The predicted octanol–water partition coefficient (Wildman–Crippen LogP) is 3.14. The summed E-state index contributed by atoms with van der Waals surface area (Å²) in [6, 6.07) is 4.53. The number of ether oxygens (including phenoxy) is 1. The van der Waals surface area contributed by atoms with Gasteiger partial charge in [0.1, 0.15) is 5.82 Å². The van der Waals surface area contributed by atoms with E-state index in [0.29, 0.717) is 12.5 Å². The molecule has 1 aromatic heterocycles. The number of nitrogens with one attached hydrogen (secondary N) is 1. The monoisotopic (exact) mass is 292 g/mol. The van der Waals surface area contributed by atoms with Gasteiger partial charge in [-0.05, 0) is 18.6 Å². The zero-order valence-corrected chi connectivity index (χ0v) is 11.2. The molecular weight excluding hydrogens is 279 g/mol. The fourth-order valence-electron chi connectivity index (χ4n) is 1.55. The second-order valence-electron chi connectivity index (χ2n) is 4.12. The number of nitrogens with zero attached hydrogens (tertiary/aromatic N) is 3. The molecule has 0 spiro atoms. The van der Waals surface area contributed by atoms with Crippen LogP contribution in [-0.4, -0.2) is 21.4 Å². The highest BCUT2D eigenvalue weighted by Gasteiger charge is 2.17. The maximum Gasteiger partial charge on any atom is 0.314 e. The first-order chi connectivity index (χ1) is 10.1. The van der Waals surface area contributed by atoms with Gasteiger partial charge in [-0.25, -0.2) is 9.37 Å². The van der Waals surface area contributed by atoms with Crippen molar-refractivity contribution in [2.45, 2.75) is 13.3 Å². The fourth-order valence-corrected chi connectivity index (χ4v) is 1.55. The number of hydrogen-bond acceptors (Lipinski definition) is 6. The molecule has 7 nitrogen and oxygen atoms in total. The lowest BCUT2D eigenvalue weighted by Gasteiger charge is -2.07. The molecule has 0 saturated carbocycles. The van der Waals surface area contributed by atoms with Crippen molar-refractivity contribution >= 4 is 11.6 Å². The van der Waals surface area contributed by atoms with Gasteiger partial charge in [0, 0.05) is 18.8 Å². The van der Waals surface area contributed by atoms with Crippen molar-refractivity contribution in [1.82, 2.24) is 9.97 Å². The van der Waals surface area contributed by atoms with Crippen LogP contribution in [0.4, 0.5) is 16.0 Å². The number of rotatable bonds is 6.